The predicted molar refractivity (Wildman–Crippen MR) is 115 cm³/mol. The normalized spacial score (nSPS) is 11.0. The number of nitrogens with zero attached hydrogens (tertiary/aromatic N) is 1. The Balaban J connectivity index is 1.74. The lowest BCUT2D eigenvalue weighted by atomic mass is 10.1. The van der Waals surface area contributed by atoms with E-state index in [2.05, 4.69) is 10.3 Å². The standard InChI is InChI=1S/C22H23N3O4S/c1-15-16(2)21(23-17(3)20(15)29-14-18-10-6-4-7-11-18)24-22(26)25-30(27,28)19-12-8-5-9-13-19/h4-13H,14H2,1-3H3,(H2,23,24,25,26). The maximum atomic E-state index is 12.3. The molecule has 3 rings (SSSR count). The first-order valence-electron chi connectivity index (χ1n) is 9.31. The number of aromatic nitrogens is 1. The highest BCUT2D eigenvalue weighted by Crippen LogP contribution is 2.29. The van der Waals surface area contributed by atoms with Gasteiger partial charge in [-0.2, -0.15) is 0 Å². The molecule has 0 aliphatic heterocycles. The molecule has 0 radical (unpaired) electrons. The smallest absolute Gasteiger partial charge is 0.334 e. The quantitative estimate of drug-likeness (QED) is 0.620. The van der Waals surface area contributed by atoms with E-state index in [0.29, 0.717) is 23.6 Å². The Bertz CT molecular complexity index is 1150. The van der Waals surface area contributed by atoms with E-state index >= 15 is 0 Å². The molecule has 0 atom stereocenters. The van der Waals surface area contributed by atoms with Gasteiger partial charge in [0.05, 0.1) is 10.6 Å². The second kappa shape index (κ2) is 8.96. The third kappa shape index (κ3) is 4.96. The van der Waals surface area contributed by atoms with Crippen molar-refractivity contribution in [3.63, 3.8) is 0 Å². The third-order valence-electron chi connectivity index (χ3n) is 4.60. The van der Waals surface area contributed by atoms with Crippen LogP contribution in [0.25, 0.3) is 0 Å². The van der Waals surface area contributed by atoms with E-state index in [1.165, 1.54) is 12.1 Å². The number of sulfonamides is 1. The summed E-state index contributed by atoms with van der Waals surface area (Å²) in [5.74, 6) is 0.914. The maximum absolute atomic E-state index is 12.3. The lowest BCUT2D eigenvalue weighted by Crippen LogP contribution is -2.34. The summed E-state index contributed by atoms with van der Waals surface area (Å²) in [5.41, 5.74) is 3.13. The van der Waals surface area contributed by atoms with Gasteiger partial charge in [-0.3, -0.25) is 5.32 Å². The van der Waals surface area contributed by atoms with Crippen molar-refractivity contribution in [2.45, 2.75) is 32.3 Å². The first-order chi connectivity index (χ1) is 14.3. The molecule has 0 fully saturated rings. The molecule has 8 heteroatoms. The summed E-state index contributed by atoms with van der Waals surface area (Å²) in [6.45, 7) is 5.83. The molecular weight excluding hydrogens is 402 g/mol. The number of pyridine rings is 1. The van der Waals surface area contributed by atoms with Gasteiger partial charge in [0.1, 0.15) is 18.2 Å². The SMILES string of the molecule is Cc1nc(NC(=O)NS(=O)(=O)c2ccccc2)c(C)c(C)c1OCc1ccccc1. The Hall–Kier alpha value is -3.39. The molecule has 0 bridgehead atoms. The molecule has 0 aliphatic carbocycles. The van der Waals surface area contributed by atoms with Crippen molar-refractivity contribution in [2.75, 3.05) is 5.32 Å². The molecule has 0 unspecified atom stereocenters. The number of hydrogen-bond donors (Lipinski definition) is 2. The minimum absolute atomic E-state index is 0.00171. The molecule has 0 aliphatic rings. The second-order valence-corrected chi connectivity index (χ2v) is 8.45. The second-order valence-electron chi connectivity index (χ2n) is 6.77. The van der Waals surface area contributed by atoms with Gasteiger partial charge in [-0.1, -0.05) is 48.5 Å². The van der Waals surface area contributed by atoms with Crippen LogP contribution < -0.4 is 14.8 Å². The molecule has 7 nitrogen and oxygen atoms in total. The van der Waals surface area contributed by atoms with Crippen molar-refractivity contribution >= 4 is 21.9 Å². The highest BCUT2D eigenvalue weighted by Gasteiger charge is 2.20. The van der Waals surface area contributed by atoms with Gasteiger partial charge < -0.3 is 4.74 Å². The summed E-state index contributed by atoms with van der Waals surface area (Å²) in [5, 5.41) is 2.52. The van der Waals surface area contributed by atoms with E-state index in [4.69, 9.17) is 4.74 Å². The topological polar surface area (TPSA) is 97.4 Å². The van der Waals surface area contributed by atoms with Crippen LogP contribution in [-0.2, 0) is 16.6 Å². The van der Waals surface area contributed by atoms with Crippen molar-refractivity contribution in [3.05, 3.63) is 83.0 Å². The van der Waals surface area contributed by atoms with Crippen LogP contribution in [0.5, 0.6) is 5.75 Å². The van der Waals surface area contributed by atoms with Crippen molar-refractivity contribution in [2.24, 2.45) is 0 Å². The molecule has 1 heterocycles. The summed E-state index contributed by atoms with van der Waals surface area (Å²) in [4.78, 5) is 16.7. The largest absolute Gasteiger partial charge is 0.487 e. The van der Waals surface area contributed by atoms with Gasteiger partial charge in [0.2, 0.25) is 0 Å². The fourth-order valence-corrected chi connectivity index (χ4v) is 3.83. The highest BCUT2D eigenvalue weighted by molar-refractivity contribution is 7.90. The first-order valence-corrected chi connectivity index (χ1v) is 10.8. The van der Waals surface area contributed by atoms with Gasteiger partial charge in [-0.15, -0.1) is 0 Å². The van der Waals surface area contributed by atoms with E-state index in [1.807, 2.05) is 42.0 Å². The highest BCUT2D eigenvalue weighted by atomic mass is 32.2. The average Bonchev–Trinajstić information content (AvgIpc) is 2.73. The molecule has 30 heavy (non-hydrogen) atoms. The summed E-state index contributed by atoms with van der Waals surface area (Å²) >= 11 is 0. The number of anilines is 1. The third-order valence-corrected chi connectivity index (χ3v) is 5.95. The Morgan fingerprint density at radius 2 is 1.53 bits per heavy atom. The number of hydrogen-bond acceptors (Lipinski definition) is 5. The first kappa shape index (κ1) is 21.3. The van der Waals surface area contributed by atoms with Crippen LogP contribution in [0.15, 0.2) is 65.6 Å². The maximum Gasteiger partial charge on any atom is 0.334 e. The van der Waals surface area contributed by atoms with Crippen molar-refractivity contribution in [3.8, 4) is 5.75 Å². The zero-order valence-corrected chi connectivity index (χ0v) is 17.8. The molecule has 2 N–H and O–H groups in total. The number of rotatable bonds is 6. The van der Waals surface area contributed by atoms with Crippen LogP contribution in [-0.4, -0.2) is 19.4 Å². The number of aryl methyl sites for hydroxylation is 1. The number of urea groups is 1. The number of carbonyl (C=O) groups excluding carboxylic acids is 1. The minimum Gasteiger partial charge on any atom is -0.487 e. The Labute approximate surface area is 176 Å². The van der Waals surface area contributed by atoms with Crippen LogP contribution in [0.1, 0.15) is 22.4 Å². The van der Waals surface area contributed by atoms with E-state index < -0.39 is 16.1 Å². The zero-order chi connectivity index (χ0) is 21.7. The van der Waals surface area contributed by atoms with E-state index in [-0.39, 0.29) is 10.7 Å². The Kier molecular flexibility index (Phi) is 6.37. The predicted octanol–water partition coefficient (Wildman–Crippen LogP) is 4.10. The Morgan fingerprint density at radius 3 is 2.17 bits per heavy atom. The van der Waals surface area contributed by atoms with Crippen molar-refractivity contribution in [1.29, 1.82) is 0 Å². The fourth-order valence-electron chi connectivity index (χ4n) is 2.90. The van der Waals surface area contributed by atoms with Crippen LogP contribution >= 0.6 is 0 Å². The lowest BCUT2D eigenvalue weighted by Gasteiger charge is -2.17. The molecule has 0 saturated heterocycles. The van der Waals surface area contributed by atoms with Gasteiger partial charge in [-0.25, -0.2) is 22.9 Å². The van der Waals surface area contributed by atoms with Crippen LogP contribution in [0.2, 0.25) is 0 Å². The molecule has 3 aromatic rings. The average molecular weight is 426 g/mol. The monoisotopic (exact) mass is 425 g/mol. The molecule has 156 valence electrons. The van der Waals surface area contributed by atoms with Gasteiger partial charge >= 0.3 is 6.03 Å². The minimum atomic E-state index is -3.97. The number of carbonyl (C=O) groups is 1. The van der Waals surface area contributed by atoms with Gasteiger partial charge in [0.15, 0.2) is 0 Å². The van der Waals surface area contributed by atoms with Crippen molar-refractivity contribution < 1.29 is 17.9 Å². The molecule has 2 amide bonds. The summed E-state index contributed by atoms with van der Waals surface area (Å²) in [6.07, 6.45) is 0. The van der Waals surface area contributed by atoms with E-state index in [1.54, 1.807) is 32.0 Å². The summed E-state index contributed by atoms with van der Waals surface area (Å²) in [6, 6.07) is 16.6. The van der Waals surface area contributed by atoms with Gasteiger partial charge in [0, 0.05) is 0 Å². The number of amides is 2. The zero-order valence-electron chi connectivity index (χ0n) is 17.0. The van der Waals surface area contributed by atoms with E-state index in [9.17, 15) is 13.2 Å². The Morgan fingerprint density at radius 1 is 0.933 bits per heavy atom. The number of benzene rings is 2. The van der Waals surface area contributed by atoms with Gasteiger partial charge in [0.25, 0.3) is 10.0 Å². The van der Waals surface area contributed by atoms with Crippen LogP contribution in [0.3, 0.4) is 0 Å². The number of ether oxygens (including phenoxy) is 1. The molecule has 1 aromatic heterocycles. The molecular formula is C22H23N3O4S. The number of nitrogens with one attached hydrogen (secondary N) is 2. The molecule has 0 spiro atoms. The lowest BCUT2D eigenvalue weighted by molar-refractivity contribution is 0.256. The molecule has 2 aromatic carbocycles. The summed E-state index contributed by atoms with van der Waals surface area (Å²) in [7, 11) is -3.97. The van der Waals surface area contributed by atoms with Crippen molar-refractivity contribution in [1.82, 2.24) is 9.71 Å². The molecule has 0 saturated carbocycles. The van der Waals surface area contributed by atoms with E-state index in [0.717, 1.165) is 11.1 Å². The summed E-state index contributed by atoms with van der Waals surface area (Å²) < 4.78 is 32.6. The van der Waals surface area contributed by atoms with Gasteiger partial charge in [-0.05, 0) is 49.6 Å². The van der Waals surface area contributed by atoms with Crippen LogP contribution in [0, 0.1) is 20.8 Å². The fraction of sp³-hybridized carbons (Fsp3) is 0.182. The van der Waals surface area contributed by atoms with Crippen LogP contribution in [0.4, 0.5) is 10.6 Å².